The van der Waals surface area contributed by atoms with Crippen LogP contribution in [0.5, 0.6) is 0 Å². The fraction of sp³-hybridized carbons (Fsp3) is 0.0333. The van der Waals surface area contributed by atoms with Crippen molar-refractivity contribution >= 4 is 33.7 Å². The van der Waals surface area contributed by atoms with Gasteiger partial charge in [-0.3, -0.25) is 4.79 Å². The second-order valence-electron chi connectivity index (χ2n) is 8.53. The number of fused-ring (bicyclic) bond motifs is 2. The molecule has 6 aromatic rings. The van der Waals surface area contributed by atoms with Gasteiger partial charge in [-0.2, -0.15) is 0 Å². The van der Waals surface area contributed by atoms with Crippen molar-refractivity contribution in [2.75, 3.05) is 5.32 Å². The minimum absolute atomic E-state index is 0.269. The second-order valence-corrected chi connectivity index (χ2v) is 8.53. The summed E-state index contributed by atoms with van der Waals surface area (Å²) < 4.78 is 11.3. The molecule has 174 valence electrons. The molecule has 2 aromatic heterocycles. The van der Waals surface area contributed by atoms with Crippen LogP contribution in [0.1, 0.15) is 15.9 Å². The average Bonchev–Trinajstić information content (AvgIpc) is 3.32. The summed E-state index contributed by atoms with van der Waals surface area (Å²) in [6.45, 7) is 2.01. The molecule has 0 atom stereocenters. The molecule has 6 rings (SSSR count). The number of rotatable bonds is 4. The minimum atomic E-state index is -0.420. The van der Waals surface area contributed by atoms with Crippen LogP contribution in [0.25, 0.3) is 44.7 Å². The SMILES string of the molecule is Cc1ccccc1-c1nc2cc(NC(=O)c3ccc(-c4cc5ccccc5oc4=O)cc3)ccc2o1. The van der Waals surface area contributed by atoms with E-state index in [0.29, 0.717) is 45.0 Å². The Morgan fingerprint density at radius 3 is 2.39 bits per heavy atom. The maximum absolute atomic E-state index is 12.9. The third-order valence-electron chi connectivity index (χ3n) is 6.12. The zero-order valence-corrected chi connectivity index (χ0v) is 19.3. The number of oxazole rings is 1. The molecule has 0 spiro atoms. The smallest absolute Gasteiger partial charge is 0.344 e. The summed E-state index contributed by atoms with van der Waals surface area (Å²) in [6, 6.07) is 29.3. The zero-order chi connectivity index (χ0) is 24.6. The van der Waals surface area contributed by atoms with E-state index in [2.05, 4.69) is 10.3 Å². The van der Waals surface area contributed by atoms with Crippen molar-refractivity contribution in [3.05, 3.63) is 119 Å². The van der Waals surface area contributed by atoms with E-state index in [-0.39, 0.29) is 5.91 Å². The van der Waals surface area contributed by atoms with Gasteiger partial charge in [0.1, 0.15) is 11.1 Å². The Morgan fingerprint density at radius 1 is 0.778 bits per heavy atom. The van der Waals surface area contributed by atoms with Gasteiger partial charge in [0.05, 0.1) is 5.56 Å². The number of carbonyl (C=O) groups is 1. The van der Waals surface area contributed by atoms with Crippen molar-refractivity contribution in [1.29, 1.82) is 0 Å². The number of amides is 1. The first-order valence-electron chi connectivity index (χ1n) is 11.5. The molecule has 2 heterocycles. The standard InChI is InChI=1S/C30H20N2O4/c1-18-6-2-4-8-23(18)29-32-25-17-22(14-15-27(25)35-29)31-28(33)20-12-10-19(11-13-20)24-16-21-7-3-5-9-26(21)36-30(24)34/h2-17H,1H3,(H,31,33). The Balaban J connectivity index is 1.23. The lowest BCUT2D eigenvalue weighted by molar-refractivity contribution is 0.102. The lowest BCUT2D eigenvalue weighted by Crippen LogP contribution is -2.11. The second kappa shape index (κ2) is 8.67. The van der Waals surface area contributed by atoms with Gasteiger partial charge in [0.25, 0.3) is 5.91 Å². The number of aromatic nitrogens is 1. The Kier molecular flexibility index (Phi) is 5.19. The molecule has 6 heteroatoms. The van der Waals surface area contributed by atoms with Gasteiger partial charge in [-0.15, -0.1) is 0 Å². The molecule has 6 nitrogen and oxygen atoms in total. The maximum Gasteiger partial charge on any atom is 0.344 e. The van der Waals surface area contributed by atoms with E-state index >= 15 is 0 Å². The minimum Gasteiger partial charge on any atom is -0.436 e. The summed E-state index contributed by atoms with van der Waals surface area (Å²) in [5.74, 6) is 0.273. The Labute approximate surface area is 205 Å². The molecule has 4 aromatic carbocycles. The summed E-state index contributed by atoms with van der Waals surface area (Å²) in [4.78, 5) is 29.9. The van der Waals surface area contributed by atoms with E-state index in [1.54, 1.807) is 54.6 Å². The maximum atomic E-state index is 12.9. The predicted molar refractivity (Wildman–Crippen MR) is 140 cm³/mol. The molecule has 1 amide bonds. The molecule has 0 unspecified atom stereocenters. The summed E-state index contributed by atoms with van der Waals surface area (Å²) in [5.41, 5.74) is 5.62. The lowest BCUT2D eigenvalue weighted by atomic mass is 10.0. The Bertz CT molecular complexity index is 1810. The van der Waals surface area contributed by atoms with Gasteiger partial charge in [0, 0.05) is 22.2 Å². The normalized spacial score (nSPS) is 11.1. The molecule has 0 radical (unpaired) electrons. The van der Waals surface area contributed by atoms with Gasteiger partial charge in [0.2, 0.25) is 5.89 Å². The lowest BCUT2D eigenvalue weighted by Gasteiger charge is -2.07. The van der Waals surface area contributed by atoms with E-state index in [4.69, 9.17) is 8.83 Å². The van der Waals surface area contributed by atoms with Crippen molar-refractivity contribution in [3.63, 3.8) is 0 Å². The summed E-state index contributed by atoms with van der Waals surface area (Å²) in [6.07, 6.45) is 0. The molecule has 0 saturated heterocycles. The van der Waals surface area contributed by atoms with E-state index in [1.165, 1.54) is 0 Å². The van der Waals surface area contributed by atoms with Crippen LogP contribution < -0.4 is 10.9 Å². The van der Waals surface area contributed by atoms with Crippen LogP contribution in [-0.4, -0.2) is 10.9 Å². The number of para-hydroxylation sites is 1. The van der Waals surface area contributed by atoms with Crippen LogP contribution >= 0.6 is 0 Å². The first-order chi connectivity index (χ1) is 17.5. The molecule has 1 N–H and O–H groups in total. The molecule has 0 bridgehead atoms. The van der Waals surface area contributed by atoms with Gasteiger partial charge in [-0.1, -0.05) is 48.5 Å². The largest absolute Gasteiger partial charge is 0.436 e. The van der Waals surface area contributed by atoms with Crippen LogP contribution in [-0.2, 0) is 0 Å². The first-order valence-corrected chi connectivity index (χ1v) is 11.5. The highest BCUT2D eigenvalue weighted by Crippen LogP contribution is 2.28. The van der Waals surface area contributed by atoms with E-state index in [0.717, 1.165) is 16.5 Å². The number of nitrogens with one attached hydrogen (secondary N) is 1. The number of hydrogen-bond donors (Lipinski definition) is 1. The quantitative estimate of drug-likeness (QED) is 0.284. The fourth-order valence-electron chi connectivity index (χ4n) is 4.20. The number of aryl methyl sites for hydroxylation is 1. The van der Waals surface area contributed by atoms with Crippen molar-refractivity contribution in [2.24, 2.45) is 0 Å². The molecule has 0 saturated carbocycles. The van der Waals surface area contributed by atoms with E-state index < -0.39 is 5.63 Å². The number of nitrogens with zero attached hydrogens (tertiary/aromatic N) is 1. The molecule has 0 aliphatic rings. The zero-order valence-electron chi connectivity index (χ0n) is 19.3. The van der Waals surface area contributed by atoms with Crippen molar-refractivity contribution in [2.45, 2.75) is 6.92 Å². The summed E-state index contributed by atoms with van der Waals surface area (Å²) in [7, 11) is 0. The van der Waals surface area contributed by atoms with E-state index in [1.807, 2.05) is 49.4 Å². The molecule has 0 aliphatic carbocycles. The van der Waals surface area contributed by atoms with Crippen LogP contribution in [0.2, 0.25) is 0 Å². The Morgan fingerprint density at radius 2 is 1.56 bits per heavy atom. The third-order valence-corrected chi connectivity index (χ3v) is 6.12. The molecule has 36 heavy (non-hydrogen) atoms. The third kappa shape index (κ3) is 3.95. The molecule has 0 fully saturated rings. The van der Waals surface area contributed by atoms with Crippen LogP contribution in [0, 0.1) is 6.92 Å². The van der Waals surface area contributed by atoms with Gasteiger partial charge in [-0.25, -0.2) is 9.78 Å². The van der Waals surface area contributed by atoms with Gasteiger partial charge in [0.15, 0.2) is 5.58 Å². The molecular weight excluding hydrogens is 452 g/mol. The first kappa shape index (κ1) is 21.6. The predicted octanol–water partition coefficient (Wildman–Crippen LogP) is 6.83. The number of benzene rings is 4. The number of hydrogen-bond acceptors (Lipinski definition) is 5. The summed E-state index contributed by atoms with van der Waals surface area (Å²) >= 11 is 0. The van der Waals surface area contributed by atoms with Crippen LogP contribution in [0.15, 0.2) is 111 Å². The van der Waals surface area contributed by atoms with Crippen LogP contribution in [0.4, 0.5) is 5.69 Å². The highest BCUT2D eigenvalue weighted by atomic mass is 16.4. The number of anilines is 1. The highest BCUT2D eigenvalue weighted by Gasteiger charge is 2.13. The Hall–Kier alpha value is -4.97. The average molecular weight is 473 g/mol. The molecular formula is C30H20N2O4. The van der Waals surface area contributed by atoms with E-state index in [9.17, 15) is 9.59 Å². The van der Waals surface area contributed by atoms with Gasteiger partial charge < -0.3 is 14.2 Å². The highest BCUT2D eigenvalue weighted by molar-refractivity contribution is 6.05. The van der Waals surface area contributed by atoms with Gasteiger partial charge in [-0.05, 0) is 66.6 Å². The van der Waals surface area contributed by atoms with Crippen molar-refractivity contribution in [1.82, 2.24) is 4.98 Å². The fourth-order valence-corrected chi connectivity index (χ4v) is 4.20. The molecule has 0 aliphatic heterocycles. The summed E-state index contributed by atoms with van der Waals surface area (Å²) in [5, 5.41) is 3.74. The van der Waals surface area contributed by atoms with Crippen molar-refractivity contribution in [3.8, 4) is 22.6 Å². The van der Waals surface area contributed by atoms with Gasteiger partial charge >= 0.3 is 5.63 Å². The number of carbonyl (C=O) groups excluding carboxylic acids is 1. The topological polar surface area (TPSA) is 85.3 Å². The van der Waals surface area contributed by atoms with Crippen molar-refractivity contribution < 1.29 is 13.6 Å². The van der Waals surface area contributed by atoms with Crippen LogP contribution in [0.3, 0.4) is 0 Å². The monoisotopic (exact) mass is 472 g/mol.